The van der Waals surface area contributed by atoms with Gasteiger partial charge in [0.25, 0.3) is 0 Å². The summed E-state index contributed by atoms with van der Waals surface area (Å²) in [5.41, 5.74) is 3.54. The van der Waals surface area contributed by atoms with E-state index in [4.69, 9.17) is 0 Å². The Labute approximate surface area is 146 Å². The summed E-state index contributed by atoms with van der Waals surface area (Å²) in [6.45, 7) is 1.18. The van der Waals surface area contributed by atoms with E-state index in [1.54, 1.807) is 4.90 Å². The van der Waals surface area contributed by atoms with Crippen LogP contribution in [0.5, 0.6) is 0 Å². The molecular formula is C18H21N3O3S. The minimum atomic E-state index is -2.98. The minimum absolute atomic E-state index is 0.0585. The topological polar surface area (TPSA) is 82.3 Å². The van der Waals surface area contributed by atoms with E-state index in [0.29, 0.717) is 19.5 Å². The maximum atomic E-state index is 12.4. The molecule has 0 radical (unpaired) electrons. The van der Waals surface area contributed by atoms with Crippen molar-refractivity contribution in [3.05, 3.63) is 42.1 Å². The highest BCUT2D eigenvalue weighted by atomic mass is 32.2. The Morgan fingerprint density at radius 2 is 2.12 bits per heavy atom. The number of carbonyl (C=O) groups excluding carboxylic acids is 1. The van der Waals surface area contributed by atoms with Crippen molar-refractivity contribution in [3.8, 4) is 0 Å². The van der Waals surface area contributed by atoms with Crippen LogP contribution in [0.1, 0.15) is 18.4 Å². The van der Waals surface area contributed by atoms with Gasteiger partial charge in [-0.2, -0.15) is 0 Å². The summed E-state index contributed by atoms with van der Waals surface area (Å²) in [4.78, 5) is 17.4. The van der Waals surface area contributed by atoms with Crippen LogP contribution >= 0.6 is 0 Å². The quantitative estimate of drug-likeness (QED) is 0.862. The molecule has 4 rings (SSSR count). The third-order valence-electron chi connectivity index (χ3n) is 4.99. The number of H-pyrrole nitrogens is 1. The van der Waals surface area contributed by atoms with Gasteiger partial charge in [0.1, 0.15) is 0 Å². The first-order valence-electron chi connectivity index (χ1n) is 8.53. The van der Waals surface area contributed by atoms with Gasteiger partial charge >= 0.3 is 6.03 Å². The highest BCUT2D eigenvalue weighted by molar-refractivity contribution is 7.91. The number of aromatic nitrogens is 1. The lowest BCUT2D eigenvalue weighted by Crippen LogP contribution is -2.46. The standard InChI is InChI=1S/C18H21N3O3S/c22-18(20-14-7-10-25(23,24)12-14)21-8-5-13(6-9-21)16-11-19-17-4-2-1-3-15(16)17/h1-5,11,14,19H,6-10,12H2,(H,20,22). The molecule has 25 heavy (non-hydrogen) atoms. The summed E-state index contributed by atoms with van der Waals surface area (Å²) in [5.74, 6) is 0.228. The highest BCUT2D eigenvalue weighted by Gasteiger charge is 2.30. The van der Waals surface area contributed by atoms with Gasteiger partial charge in [-0.3, -0.25) is 0 Å². The van der Waals surface area contributed by atoms with E-state index in [2.05, 4.69) is 28.5 Å². The minimum Gasteiger partial charge on any atom is -0.361 e. The average Bonchev–Trinajstić information content (AvgIpc) is 3.18. The monoisotopic (exact) mass is 359 g/mol. The summed E-state index contributed by atoms with van der Waals surface area (Å²) >= 11 is 0. The fourth-order valence-corrected chi connectivity index (χ4v) is 5.28. The largest absolute Gasteiger partial charge is 0.361 e. The van der Waals surface area contributed by atoms with Crippen LogP contribution in [0, 0.1) is 0 Å². The molecule has 1 aromatic carbocycles. The Hall–Kier alpha value is -2.28. The lowest BCUT2D eigenvalue weighted by atomic mass is 9.99. The van der Waals surface area contributed by atoms with E-state index < -0.39 is 9.84 Å². The summed E-state index contributed by atoms with van der Waals surface area (Å²) in [6.07, 6.45) is 5.41. The molecule has 132 valence electrons. The molecular weight excluding hydrogens is 338 g/mol. The van der Waals surface area contributed by atoms with Crippen molar-refractivity contribution in [1.29, 1.82) is 0 Å². The second-order valence-electron chi connectivity index (χ2n) is 6.72. The molecule has 2 amide bonds. The first-order valence-corrected chi connectivity index (χ1v) is 10.4. The van der Waals surface area contributed by atoms with Gasteiger partial charge in [0.15, 0.2) is 9.84 Å². The molecule has 0 saturated carbocycles. The van der Waals surface area contributed by atoms with Crippen LogP contribution in [0.25, 0.3) is 16.5 Å². The Bertz CT molecular complexity index is 945. The average molecular weight is 359 g/mol. The van der Waals surface area contributed by atoms with Crippen molar-refractivity contribution in [1.82, 2.24) is 15.2 Å². The van der Waals surface area contributed by atoms with Crippen LogP contribution in [0.3, 0.4) is 0 Å². The van der Waals surface area contributed by atoms with Gasteiger partial charge in [0, 0.05) is 41.8 Å². The van der Waals surface area contributed by atoms with Crippen molar-refractivity contribution < 1.29 is 13.2 Å². The molecule has 1 saturated heterocycles. The summed E-state index contributed by atoms with van der Waals surface area (Å²) in [7, 11) is -2.98. The summed E-state index contributed by atoms with van der Waals surface area (Å²) < 4.78 is 23.0. The van der Waals surface area contributed by atoms with Gasteiger partial charge < -0.3 is 15.2 Å². The fourth-order valence-electron chi connectivity index (χ4n) is 3.61. The first-order chi connectivity index (χ1) is 12.0. The predicted molar refractivity (Wildman–Crippen MR) is 98.1 cm³/mol. The lowest BCUT2D eigenvalue weighted by Gasteiger charge is -2.28. The molecule has 1 aromatic heterocycles. The van der Waals surface area contributed by atoms with E-state index in [1.807, 2.05) is 18.3 Å². The normalized spacial score (nSPS) is 22.8. The number of urea groups is 1. The maximum absolute atomic E-state index is 12.4. The number of amides is 2. The number of hydrogen-bond acceptors (Lipinski definition) is 3. The van der Waals surface area contributed by atoms with Crippen LogP contribution in [-0.2, 0) is 9.84 Å². The van der Waals surface area contributed by atoms with Crippen molar-refractivity contribution in [3.63, 3.8) is 0 Å². The number of fused-ring (bicyclic) bond motifs is 1. The summed E-state index contributed by atoms with van der Waals surface area (Å²) in [5, 5.41) is 4.05. The van der Waals surface area contributed by atoms with Crippen molar-refractivity contribution >= 4 is 32.3 Å². The molecule has 2 aromatic rings. The van der Waals surface area contributed by atoms with Crippen LogP contribution in [-0.4, -0.2) is 55.0 Å². The number of nitrogens with one attached hydrogen (secondary N) is 2. The molecule has 0 aliphatic carbocycles. The number of rotatable bonds is 2. The zero-order chi connectivity index (χ0) is 17.4. The zero-order valence-electron chi connectivity index (χ0n) is 13.9. The third kappa shape index (κ3) is 3.28. The first kappa shape index (κ1) is 16.2. The van der Waals surface area contributed by atoms with E-state index in [1.165, 1.54) is 16.5 Å². The molecule has 2 N–H and O–H groups in total. The molecule has 0 spiro atoms. The molecule has 2 aliphatic heterocycles. The fraction of sp³-hybridized carbons (Fsp3) is 0.389. The van der Waals surface area contributed by atoms with Gasteiger partial charge in [-0.25, -0.2) is 13.2 Å². The molecule has 0 bridgehead atoms. The summed E-state index contributed by atoms with van der Waals surface area (Å²) in [6, 6.07) is 7.76. The SMILES string of the molecule is O=C(NC1CCS(=O)(=O)C1)N1CC=C(c2c[nH]c3ccccc23)CC1. The second kappa shape index (κ2) is 6.22. The van der Waals surface area contributed by atoms with Gasteiger partial charge in [-0.1, -0.05) is 24.3 Å². The molecule has 1 unspecified atom stereocenters. The zero-order valence-corrected chi connectivity index (χ0v) is 14.7. The lowest BCUT2D eigenvalue weighted by molar-refractivity contribution is 0.200. The van der Waals surface area contributed by atoms with E-state index in [0.717, 1.165) is 11.9 Å². The van der Waals surface area contributed by atoms with Crippen LogP contribution in [0.15, 0.2) is 36.5 Å². The van der Waals surface area contributed by atoms with Gasteiger partial charge in [0.05, 0.1) is 11.5 Å². The predicted octanol–water partition coefficient (Wildman–Crippen LogP) is 2.15. The molecule has 1 fully saturated rings. The van der Waals surface area contributed by atoms with Gasteiger partial charge in [0.2, 0.25) is 0 Å². The van der Waals surface area contributed by atoms with Gasteiger partial charge in [-0.15, -0.1) is 0 Å². The van der Waals surface area contributed by atoms with Gasteiger partial charge in [-0.05, 0) is 24.5 Å². The van der Waals surface area contributed by atoms with Crippen molar-refractivity contribution in [2.24, 2.45) is 0 Å². The molecule has 2 aliphatic rings. The third-order valence-corrected chi connectivity index (χ3v) is 6.76. The molecule has 7 heteroatoms. The van der Waals surface area contributed by atoms with Crippen molar-refractivity contribution in [2.45, 2.75) is 18.9 Å². The van der Waals surface area contributed by atoms with E-state index in [-0.39, 0.29) is 23.6 Å². The van der Waals surface area contributed by atoms with Crippen LogP contribution in [0.2, 0.25) is 0 Å². The number of aromatic amines is 1. The van der Waals surface area contributed by atoms with Crippen LogP contribution in [0.4, 0.5) is 4.79 Å². The highest BCUT2D eigenvalue weighted by Crippen LogP contribution is 2.29. The molecule has 1 atom stereocenters. The van der Waals surface area contributed by atoms with E-state index in [9.17, 15) is 13.2 Å². The Kier molecular flexibility index (Phi) is 4.03. The Morgan fingerprint density at radius 3 is 2.84 bits per heavy atom. The van der Waals surface area contributed by atoms with E-state index >= 15 is 0 Å². The van der Waals surface area contributed by atoms with Crippen molar-refractivity contribution in [2.75, 3.05) is 24.6 Å². The number of carbonyl (C=O) groups is 1. The Morgan fingerprint density at radius 1 is 1.28 bits per heavy atom. The number of benzene rings is 1. The smallest absolute Gasteiger partial charge is 0.317 e. The Balaban J connectivity index is 1.42. The van der Waals surface area contributed by atoms with Crippen LogP contribution < -0.4 is 5.32 Å². The number of nitrogens with zero attached hydrogens (tertiary/aromatic N) is 1. The molecule has 6 nitrogen and oxygen atoms in total. The molecule has 3 heterocycles. The number of sulfone groups is 1. The number of para-hydroxylation sites is 1. The second-order valence-corrected chi connectivity index (χ2v) is 8.95. The number of hydrogen-bond donors (Lipinski definition) is 2. The maximum Gasteiger partial charge on any atom is 0.317 e.